The van der Waals surface area contributed by atoms with Crippen molar-refractivity contribution in [2.75, 3.05) is 6.61 Å². The molecule has 0 radical (unpaired) electrons. The normalized spacial score (nSPS) is 10.6. The molecule has 0 aliphatic rings. The molecule has 1 aromatic carbocycles. The summed E-state index contributed by atoms with van der Waals surface area (Å²) in [4.78, 5) is 27.1. The van der Waals surface area contributed by atoms with Crippen molar-refractivity contribution in [3.8, 4) is 0 Å². The van der Waals surface area contributed by atoms with Gasteiger partial charge in [-0.2, -0.15) is 0 Å². The molecule has 0 spiro atoms. The summed E-state index contributed by atoms with van der Waals surface area (Å²) in [6.45, 7) is 6.11. The Labute approximate surface area is 146 Å². The molecular formula is C19H23FN2O3. The predicted octanol–water partition coefficient (Wildman–Crippen LogP) is 3.20. The molecule has 0 unspecified atom stereocenters. The van der Waals surface area contributed by atoms with Crippen LogP contribution in [0, 0.1) is 19.7 Å². The summed E-state index contributed by atoms with van der Waals surface area (Å²) in [6.07, 6.45) is 0.797. The number of benzene rings is 1. The van der Waals surface area contributed by atoms with Crippen molar-refractivity contribution in [2.45, 2.75) is 40.2 Å². The molecule has 0 atom stereocenters. The van der Waals surface area contributed by atoms with E-state index in [9.17, 15) is 14.0 Å². The Balaban J connectivity index is 1.90. The minimum Gasteiger partial charge on any atom is -0.462 e. The third-order valence-corrected chi connectivity index (χ3v) is 4.03. The number of hydrogen-bond acceptors (Lipinski definition) is 3. The van der Waals surface area contributed by atoms with Gasteiger partial charge in [-0.1, -0.05) is 12.1 Å². The smallest absolute Gasteiger partial charge is 0.340 e. The quantitative estimate of drug-likeness (QED) is 0.756. The molecule has 2 rings (SSSR count). The zero-order chi connectivity index (χ0) is 18.4. The topological polar surface area (TPSA) is 71.2 Å². The summed E-state index contributed by atoms with van der Waals surface area (Å²) >= 11 is 0. The highest BCUT2D eigenvalue weighted by Crippen LogP contribution is 2.20. The van der Waals surface area contributed by atoms with E-state index in [2.05, 4.69) is 10.3 Å². The fourth-order valence-corrected chi connectivity index (χ4v) is 2.70. The van der Waals surface area contributed by atoms with E-state index >= 15 is 0 Å². The number of carbonyl (C=O) groups is 2. The van der Waals surface area contributed by atoms with Gasteiger partial charge in [-0.05, 0) is 50.5 Å². The molecule has 2 N–H and O–H groups in total. The van der Waals surface area contributed by atoms with Gasteiger partial charge in [-0.3, -0.25) is 4.79 Å². The second-order valence-electron chi connectivity index (χ2n) is 5.85. The Kier molecular flexibility index (Phi) is 6.33. The minimum absolute atomic E-state index is 0.103. The fraction of sp³-hybridized carbons (Fsp3) is 0.368. The van der Waals surface area contributed by atoms with Crippen LogP contribution in [-0.2, 0) is 22.5 Å². The molecule has 25 heavy (non-hydrogen) atoms. The van der Waals surface area contributed by atoms with E-state index < -0.39 is 0 Å². The lowest BCUT2D eigenvalue weighted by Gasteiger charge is -2.06. The molecule has 0 aliphatic carbocycles. The number of amides is 1. The van der Waals surface area contributed by atoms with Crippen LogP contribution in [0.5, 0.6) is 0 Å². The van der Waals surface area contributed by atoms with Crippen molar-refractivity contribution in [3.63, 3.8) is 0 Å². The molecule has 6 heteroatoms. The molecular weight excluding hydrogens is 323 g/mol. The van der Waals surface area contributed by atoms with Crippen LogP contribution in [0.2, 0.25) is 0 Å². The van der Waals surface area contributed by atoms with Crippen LogP contribution in [-0.4, -0.2) is 23.5 Å². The number of aromatic nitrogens is 1. The van der Waals surface area contributed by atoms with Gasteiger partial charge in [-0.25, -0.2) is 9.18 Å². The molecule has 0 aliphatic heterocycles. The van der Waals surface area contributed by atoms with Crippen molar-refractivity contribution < 1.29 is 18.7 Å². The number of ether oxygens (including phenoxy) is 1. The van der Waals surface area contributed by atoms with Gasteiger partial charge in [0.2, 0.25) is 5.91 Å². The third-order valence-electron chi connectivity index (χ3n) is 4.03. The van der Waals surface area contributed by atoms with Crippen molar-refractivity contribution in [2.24, 2.45) is 0 Å². The molecule has 0 saturated heterocycles. The van der Waals surface area contributed by atoms with E-state index in [1.807, 2.05) is 13.8 Å². The molecule has 0 bridgehead atoms. The predicted molar refractivity (Wildman–Crippen MR) is 92.8 cm³/mol. The average molecular weight is 346 g/mol. The Hall–Kier alpha value is -2.63. The molecule has 5 nitrogen and oxygen atoms in total. The van der Waals surface area contributed by atoms with Gasteiger partial charge in [0.1, 0.15) is 5.82 Å². The molecule has 1 heterocycles. The Morgan fingerprint density at radius 3 is 2.52 bits per heavy atom. The largest absolute Gasteiger partial charge is 0.462 e. The molecule has 2 aromatic rings. The first-order valence-corrected chi connectivity index (χ1v) is 8.28. The average Bonchev–Trinajstić information content (AvgIpc) is 2.86. The van der Waals surface area contributed by atoms with Gasteiger partial charge in [0.15, 0.2) is 0 Å². The lowest BCUT2D eigenvalue weighted by molar-refractivity contribution is -0.121. The number of H-pyrrole nitrogens is 1. The first-order valence-electron chi connectivity index (χ1n) is 8.28. The summed E-state index contributed by atoms with van der Waals surface area (Å²) in [5.74, 6) is -0.750. The molecule has 0 saturated carbocycles. The van der Waals surface area contributed by atoms with E-state index in [1.54, 1.807) is 19.1 Å². The number of aryl methyl sites for hydroxylation is 2. The molecule has 1 amide bonds. The van der Waals surface area contributed by atoms with Crippen molar-refractivity contribution in [1.82, 2.24) is 10.3 Å². The maximum absolute atomic E-state index is 12.8. The highest BCUT2D eigenvalue weighted by Gasteiger charge is 2.19. The van der Waals surface area contributed by atoms with E-state index in [0.717, 1.165) is 22.5 Å². The first kappa shape index (κ1) is 18.7. The number of carbonyl (C=O) groups excluding carboxylic acids is 2. The number of esters is 1. The first-order chi connectivity index (χ1) is 11.9. The SMILES string of the molecule is CCOC(=O)c1c(C)[nH]c(CCC(=O)NCc2ccc(F)cc2)c1C. The van der Waals surface area contributed by atoms with Crippen LogP contribution in [0.4, 0.5) is 4.39 Å². The van der Waals surface area contributed by atoms with Crippen molar-refractivity contribution >= 4 is 11.9 Å². The van der Waals surface area contributed by atoms with E-state index in [1.165, 1.54) is 12.1 Å². The van der Waals surface area contributed by atoms with Crippen LogP contribution >= 0.6 is 0 Å². The second kappa shape index (κ2) is 8.46. The number of hydrogen-bond donors (Lipinski definition) is 2. The minimum atomic E-state index is -0.347. The lowest BCUT2D eigenvalue weighted by atomic mass is 10.1. The molecule has 134 valence electrons. The summed E-state index contributed by atoms with van der Waals surface area (Å²) in [5, 5.41) is 2.81. The Morgan fingerprint density at radius 2 is 1.88 bits per heavy atom. The van der Waals surface area contributed by atoms with Crippen LogP contribution in [0.15, 0.2) is 24.3 Å². The molecule has 1 aromatic heterocycles. The zero-order valence-corrected chi connectivity index (χ0v) is 14.7. The van der Waals surface area contributed by atoms with Gasteiger partial charge < -0.3 is 15.0 Å². The number of halogens is 1. The number of rotatable bonds is 7. The van der Waals surface area contributed by atoms with Gasteiger partial charge in [0.05, 0.1) is 12.2 Å². The van der Waals surface area contributed by atoms with Crippen LogP contribution in [0.3, 0.4) is 0 Å². The van der Waals surface area contributed by atoms with Crippen LogP contribution < -0.4 is 5.32 Å². The highest BCUT2D eigenvalue weighted by atomic mass is 19.1. The summed E-state index contributed by atoms with van der Waals surface area (Å²) in [6, 6.07) is 6.01. The lowest BCUT2D eigenvalue weighted by Crippen LogP contribution is -2.23. The zero-order valence-electron chi connectivity index (χ0n) is 14.7. The van der Waals surface area contributed by atoms with Crippen molar-refractivity contribution in [1.29, 1.82) is 0 Å². The highest BCUT2D eigenvalue weighted by molar-refractivity contribution is 5.92. The Bertz CT molecular complexity index is 751. The van der Waals surface area contributed by atoms with E-state index in [-0.39, 0.29) is 17.7 Å². The van der Waals surface area contributed by atoms with Gasteiger partial charge >= 0.3 is 5.97 Å². The van der Waals surface area contributed by atoms with Crippen molar-refractivity contribution in [3.05, 3.63) is 58.2 Å². The Morgan fingerprint density at radius 1 is 1.20 bits per heavy atom. The monoisotopic (exact) mass is 346 g/mol. The number of aromatic amines is 1. The second-order valence-corrected chi connectivity index (χ2v) is 5.85. The molecule has 0 fully saturated rings. The van der Waals surface area contributed by atoms with Gasteiger partial charge in [-0.15, -0.1) is 0 Å². The van der Waals surface area contributed by atoms with Crippen LogP contribution in [0.1, 0.15) is 46.2 Å². The summed E-state index contributed by atoms with van der Waals surface area (Å²) < 4.78 is 17.9. The summed E-state index contributed by atoms with van der Waals surface area (Å²) in [5.41, 5.74) is 3.81. The fourth-order valence-electron chi connectivity index (χ4n) is 2.70. The van der Waals surface area contributed by atoms with E-state index in [4.69, 9.17) is 4.74 Å². The maximum Gasteiger partial charge on any atom is 0.340 e. The number of nitrogens with one attached hydrogen (secondary N) is 2. The van der Waals surface area contributed by atoms with Gasteiger partial charge in [0, 0.05) is 24.4 Å². The standard InChI is InChI=1S/C19H23FN2O3/c1-4-25-19(24)18-12(2)16(22-13(18)3)9-10-17(23)21-11-14-5-7-15(20)8-6-14/h5-8,22H,4,9-11H2,1-3H3,(H,21,23). The summed E-state index contributed by atoms with van der Waals surface area (Å²) in [7, 11) is 0. The maximum atomic E-state index is 12.8. The third kappa shape index (κ3) is 4.92. The van der Waals surface area contributed by atoms with Crippen LogP contribution in [0.25, 0.3) is 0 Å². The van der Waals surface area contributed by atoms with E-state index in [0.29, 0.717) is 31.6 Å². The van der Waals surface area contributed by atoms with Gasteiger partial charge in [0.25, 0.3) is 0 Å².